The standard InChI is InChI=1S/C30H53N3O5S/c1-5-21-25-18-20(34)10-13-30(25,4)24-11-14-29(3)22(8-9-23(29)26(24)27(21)35)19(2)12-15-31-28(36)32-39(37,38)33-16-6-7-17-33/h19-27,34-35H,5-18H2,1-4H3,(H2,31,32,36)/t19-,20-,21-,22-,23+,24+,25+,26+,27-,29-,30-/m1/s1. The summed E-state index contributed by atoms with van der Waals surface area (Å²) in [6.45, 7) is 10.9. The molecule has 5 aliphatic rings. The van der Waals surface area contributed by atoms with Crippen molar-refractivity contribution < 1.29 is 23.4 Å². The van der Waals surface area contributed by atoms with Crippen LogP contribution in [0.25, 0.3) is 0 Å². The molecule has 0 radical (unpaired) electrons. The molecule has 2 amide bonds. The highest BCUT2D eigenvalue weighted by Crippen LogP contribution is 2.69. The van der Waals surface area contributed by atoms with E-state index in [0.717, 1.165) is 64.2 Å². The molecule has 0 unspecified atom stereocenters. The quantitative estimate of drug-likeness (QED) is 0.366. The van der Waals surface area contributed by atoms with Crippen LogP contribution < -0.4 is 10.0 Å². The molecule has 8 nitrogen and oxygen atoms in total. The monoisotopic (exact) mass is 567 g/mol. The number of urea groups is 1. The molecule has 4 saturated carbocycles. The number of aliphatic hydroxyl groups excluding tert-OH is 2. The van der Waals surface area contributed by atoms with Gasteiger partial charge in [-0.05, 0) is 116 Å². The fourth-order valence-electron chi connectivity index (χ4n) is 10.7. The van der Waals surface area contributed by atoms with E-state index < -0.39 is 16.2 Å². The lowest BCUT2D eigenvalue weighted by molar-refractivity contribution is -0.203. The van der Waals surface area contributed by atoms with Gasteiger partial charge in [0.2, 0.25) is 0 Å². The number of nitrogens with zero attached hydrogens (tertiary/aromatic N) is 1. The average Bonchev–Trinajstić information content (AvgIpc) is 3.54. The molecule has 1 heterocycles. The molecule has 9 heteroatoms. The van der Waals surface area contributed by atoms with Crippen molar-refractivity contribution in [3.8, 4) is 0 Å². The average molecular weight is 568 g/mol. The summed E-state index contributed by atoms with van der Waals surface area (Å²) in [6.07, 6.45) is 10.4. The zero-order valence-electron chi connectivity index (χ0n) is 24.6. The van der Waals surface area contributed by atoms with Gasteiger partial charge in [0, 0.05) is 19.6 Å². The summed E-state index contributed by atoms with van der Waals surface area (Å²) in [5, 5.41) is 25.2. The highest BCUT2D eigenvalue weighted by atomic mass is 32.2. The van der Waals surface area contributed by atoms with E-state index in [2.05, 4.69) is 37.7 Å². The Morgan fingerprint density at radius 3 is 2.36 bits per heavy atom. The predicted octanol–water partition coefficient (Wildman–Crippen LogP) is 4.28. The Labute approximate surface area is 236 Å². The lowest BCUT2D eigenvalue weighted by atomic mass is 9.41. The predicted molar refractivity (Wildman–Crippen MR) is 152 cm³/mol. The minimum Gasteiger partial charge on any atom is -0.393 e. The van der Waals surface area contributed by atoms with E-state index in [1.54, 1.807) is 0 Å². The number of hydrogen-bond acceptors (Lipinski definition) is 5. The van der Waals surface area contributed by atoms with Crippen LogP contribution in [0.5, 0.6) is 0 Å². The van der Waals surface area contributed by atoms with Gasteiger partial charge in [0.15, 0.2) is 0 Å². The fourth-order valence-corrected chi connectivity index (χ4v) is 11.9. The van der Waals surface area contributed by atoms with Gasteiger partial charge in [-0.3, -0.25) is 0 Å². The molecule has 4 N–H and O–H groups in total. The molecule has 1 aliphatic heterocycles. The van der Waals surface area contributed by atoms with Crippen molar-refractivity contribution in [3.63, 3.8) is 0 Å². The Morgan fingerprint density at radius 2 is 1.67 bits per heavy atom. The molecule has 0 aromatic rings. The zero-order chi connectivity index (χ0) is 28.2. The molecule has 11 atom stereocenters. The normalized spacial score (nSPS) is 45.2. The van der Waals surface area contributed by atoms with Crippen molar-refractivity contribution in [1.29, 1.82) is 0 Å². The first kappa shape index (κ1) is 29.6. The molecule has 224 valence electrons. The van der Waals surface area contributed by atoms with Crippen molar-refractivity contribution in [2.45, 2.75) is 111 Å². The Bertz CT molecular complexity index is 1000. The maximum Gasteiger partial charge on any atom is 0.329 e. The highest BCUT2D eigenvalue weighted by molar-refractivity contribution is 7.87. The van der Waals surface area contributed by atoms with Gasteiger partial charge < -0.3 is 15.5 Å². The second-order valence-electron chi connectivity index (χ2n) is 14.4. The summed E-state index contributed by atoms with van der Waals surface area (Å²) in [7, 11) is -3.76. The zero-order valence-corrected chi connectivity index (χ0v) is 25.4. The lowest BCUT2D eigenvalue weighted by Gasteiger charge is -2.64. The SMILES string of the molecule is CC[C@H]1[C@@H](O)[C@@H]2[C@H](CC[C@]3(C)[C@@H]([C@H](C)CCNC(=O)NS(=O)(=O)N4CCCC4)CC[C@@H]23)[C@@]2(C)CC[C@@H](O)C[C@@H]12. The number of aliphatic hydroxyl groups is 2. The minimum atomic E-state index is -3.76. The van der Waals surface area contributed by atoms with Crippen LogP contribution in [0.1, 0.15) is 98.3 Å². The Balaban J connectivity index is 1.22. The first-order chi connectivity index (χ1) is 18.4. The third kappa shape index (κ3) is 5.16. The first-order valence-corrected chi connectivity index (χ1v) is 17.3. The molecule has 1 saturated heterocycles. The molecule has 0 bridgehead atoms. The molecular formula is C30H53N3O5S. The molecule has 39 heavy (non-hydrogen) atoms. The third-order valence-corrected chi connectivity index (χ3v) is 14.2. The second-order valence-corrected chi connectivity index (χ2v) is 16.0. The van der Waals surface area contributed by atoms with Crippen LogP contribution in [0.15, 0.2) is 0 Å². The van der Waals surface area contributed by atoms with Gasteiger partial charge in [-0.15, -0.1) is 0 Å². The Morgan fingerprint density at radius 1 is 1.00 bits per heavy atom. The summed E-state index contributed by atoms with van der Waals surface area (Å²) in [6, 6.07) is -0.638. The smallest absolute Gasteiger partial charge is 0.329 e. The topological polar surface area (TPSA) is 119 Å². The van der Waals surface area contributed by atoms with Gasteiger partial charge >= 0.3 is 16.2 Å². The molecule has 4 aliphatic carbocycles. The first-order valence-electron chi connectivity index (χ1n) is 15.8. The van der Waals surface area contributed by atoms with E-state index in [-0.39, 0.29) is 29.0 Å². The van der Waals surface area contributed by atoms with Crippen LogP contribution in [0, 0.1) is 52.3 Å². The molecular weight excluding hydrogens is 514 g/mol. The van der Waals surface area contributed by atoms with Gasteiger partial charge in [0.05, 0.1) is 12.2 Å². The van der Waals surface area contributed by atoms with E-state index in [4.69, 9.17) is 0 Å². The van der Waals surface area contributed by atoms with Gasteiger partial charge in [0.1, 0.15) is 0 Å². The molecule has 5 fully saturated rings. The molecule has 0 spiro atoms. The van der Waals surface area contributed by atoms with Crippen LogP contribution in [-0.2, 0) is 10.2 Å². The van der Waals surface area contributed by atoms with Crippen molar-refractivity contribution in [2.24, 2.45) is 52.3 Å². The van der Waals surface area contributed by atoms with E-state index in [1.165, 1.54) is 10.7 Å². The Hall–Kier alpha value is -0.900. The van der Waals surface area contributed by atoms with Crippen molar-refractivity contribution in [3.05, 3.63) is 0 Å². The summed E-state index contributed by atoms with van der Waals surface area (Å²) >= 11 is 0. The van der Waals surface area contributed by atoms with Crippen LogP contribution in [0.2, 0.25) is 0 Å². The summed E-state index contributed by atoms with van der Waals surface area (Å²) in [4.78, 5) is 12.4. The van der Waals surface area contributed by atoms with Gasteiger partial charge in [-0.25, -0.2) is 9.52 Å². The van der Waals surface area contributed by atoms with Gasteiger partial charge in [-0.1, -0.05) is 34.1 Å². The largest absolute Gasteiger partial charge is 0.393 e. The lowest BCUT2D eigenvalue weighted by Crippen LogP contribution is -2.62. The number of fused-ring (bicyclic) bond motifs is 5. The van der Waals surface area contributed by atoms with E-state index in [1.807, 2.05) is 0 Å². The maximum absolute atomic E-state index is 12.4. The van der Waals surface area contributed by atoms with E-state index >= 15 is 0 Å². The number of amides is 2. The Kier molecular flexibility index (Phi) is 8.40. The van der Waals surface area contributed by atoms with Crippen molar-refractivity contribution in [1.82, 2.24) is 14.3 Å². The van der Waals surface area contributed by atoms with E-state index in [9.17, 15) is 23.4 Å². The number of nitrogens with one attached hydrogen (secondary N) is 2. The van der Waals surface area contributed by atoms with Crippen LogP contribution in [0.3, 0.4) is 0 Å². The highest BCUT2D eigenvalue weighted by Gasteiger charge is 2.64. The van der Waals surface area contributed by atoms with Crippen LogP contribution in [-0.4, -0.2) is 60.8 Å². The third-order valence-electron chi connectivity index (χ3n) is 12.7. The van der Waals surface area contributed by atoms with Gasteiger partial charge in [0.25, 0.3) is 0 Å². The maximum atomic E-state index is 12.4. The molecule has 0 aromatic heterocycles. The van der Waals surface area contributed by atoms with Crippen molar-refractivity contribution in [2.75, 3.05) is 19.6 Å². The van der Waals surface area contributed by atoms with E-state index in [0.29, 0.717) is 55.1 Å². The summed E-state index contributed by atoms with van der Waals surface area (Å²) in [5.41, 5.74) is 0.389. The summed E-state index contributed by atoms with van der Waals surface area (Å²) in [5.74, 6) is 3.00. The van der Waals surface area contributed by atoms with Crippen LogP contribution in [0.4, 0.5) is 4.79 Å². The molecule has 5 rings (SSSR count). The minimum absolute atomic E-state index is 0.179. The number of carbonyl (C=O) groups is 1. The molecule has 0 aromatic carbocycles. The summed E-state index contributed by atoms with van der Waals surface area (Å²) < 4.78 is 28.3. The number of hydrogen-bond donors (Lipinski definition) is 4. The van der Waals surface area contributed by atoms with Crippen LogP contribution >= 0.6 is 0 Å². The number of carbonyl (C=O) groups excluding carboxylic acids is 1. The fraction of sp³-hybridized carbons (Fsp3) is 0.967. The van der Waals surface area contributed by atoms with Gasteiger partial charge in [-0.2, -0.15) is 12.7 Å². The van der Waals surface area contributed by atoms with Crippen molar-refractivity contribution >= 4 is 16.2 Å². The number of rotatable bonds is 7. The second kappa shape index (κ2) is 11.1.